The van der Waals surface area contributed by atoms with Crippen LogP contribution in [0, 0.1) is 5.82 Å². The number of halogens is 2. The molecule has 0 atom stereocenters. The van der Waals surface area contributed by atoms with E-state index in [2.05, 4.69) is 26.6 Å². The topological polar surface area (TPSA) is 42.5 Å². The van der Waals surface area contributed by atoms with Crippen LogP contribution in [0.4, 0.5) is 15.8 Å². The summed E-state index contributed by atoms with van der Waals surface area (Å²) in [7, 11) is 3.12. The zero-order chi connectivity index (χ0) is 16.1. The van der Waals surface area contributed by atoms with Crippen molar-refractivity contribution in [2.45, 2.75) is 0 Å². The average molecular weight is 385 g/mol. The molecular formula is C15H14BrFN2O2S. The lowest BCUT2D eigenvalue weighted by Crippen LogP contribution is -2.19. The lowest BCUT2D eigenvalue weighted by molar-refractivity contribution is 0.395. The molecule has 0 aliphatic rings. The zero-order valence-corrected chi connectivity index (χ0v) is 14.3. The van der Waals surface area contributed by atoms with Crippen molar-refractivity contribution in [3.8, 4) is 11.5 Å². The number of ether oxygens (including phenoxy) is 2. The van der Waals surface area contributed by atoms with Crippen LogP contribution in [0.3, 0.4) is 0 Å². The van der Waals surface area contributed by atoms with Crippen molar-refractivity contribution in [1.82, 2.24) is 0 Å². The lowest BCUT2D eigenvalue weighted by Gasteiger charge is -2.13. The Bertz CT molecular complexity index is 675. The van der Waals surface area contributed by atoms with E-state index >= 15 is 0 Å². The minimum atomic E-state index is -0.401. The van der Waals surface area contributed by atoms with Crippen molar-refractivity contribution in [2.24, 2.45) is 0 Å². The molecule has 0 aromatic heterocycles. The molecule has 2 aromatic rings. The first-order valence-electron chi connectivity index (χ1n) is 6.28. The summed E-state index contributed by atoms with van der Waals surface area (Å²) in [5, 5.41) is 6.03. The van der Waals surface area contributed by atoms with Gasteiger partial charge in [-0.25, -0.2) is 4.39 Å². The van der Waals surface area contributed by atoms with E-state index in [0.29, 0.717) is 21.7 Å². The van der Waals surface area contributed by atoms with Crippen LogP contribution in [-0.2, 0) is 0 Å². The second kappa shape index (κ2) is 7.42. The lowest BCUT2D eigenvalue weighted by atomic mass is 10.2. The van der Waals surface area contributed by atoms with E-state index in [1.807, 2.05) is 0 Å². The summed E-state index contributed by atoms with van der Waals surface area (Å²) >= 11 is 8.39. The predicted molar refractivity (Wildman–Crippen MR) is 93.5 cm³/mol. The average Bonchev–Trinajstić information content (AvgIpc) is 2.49. The Labute approximate surface area is 141 Å². The van der Waals surface area contributed by atoms with Crippen molar-refractivity contribution in [1.29, 1.82) is 0 Å². The summed E-state index contributed by atoms with van der Waals surface area (Å²) in [6, 6.07) is 9.95. The number of benzene rings is 2. The quantitative estimate of drug-likeness (QED) is 0.763. The number of anilines is 2. The number of hydrogen-bond acceptors (Lipinski definition) is 3. The molecule has 0 fully saturated rings. The molecule has 7 heteroatoms. The summed E-state index contributed by atoms with van der Waals surface area (Å²) in [4.78, 5) is 0. The normalized spacial score (nSPS) is 10.0. The van der Waals surface area contributed by atoms with Gasteiger partial charge in [0.05, 0.1) is 19.9 Å². The summed E-state index contributed by atoms with van der Waals surface area (Å²) in [5.74, 6) is 0.848. The number of nitrogens with one attached hydrogen (secondary N) is 2. The van der Waals surface area contributed by atoms with E-state index in [0.717, 1.165) is 0 Å². The van der Waals surface area contributed by atoms with Crippen molar-refractivity contribution < 1.29 is 13.9 Å². The molecule has 2 rings (SSSR count). The van der Waals surface area contributed by atoms with Gasteiger partial charge in [-0.3, -0.25) is 0 Å². The molecule has 2 aromatic carbocycles. The van der Waals surface area contributed by atoms with Crippen LogP contribution in [0.5, 0.6) is 11.5 Å². The summed E-state index contributed by atoms with van der Waals surface area (Å²) < 4.78 is 24.8. The molecule has 116 valence electrons. The van der Waals surface area contributed by atoms with E-state index in [9.17, 15) is 4.39 Å². The molecular weight excluding hydrogens is 371 g/mol. The third kappa shape index (κ3) is 4.32. The van der Waals surface area contributed by atoms with Crippen LogP contribution in [0.25, 0.3) is 0 Å². The molecule has 0 radical (unpaired) electrons. The second-order valence-corrected chi connectivity index (χ2v) is 5.63. The fraction of sp³-hybridized carbons (Fsp3) is 0.133. The van der Waals surface area contributed by atoms with Gasteiger partial charge < -0.3 is 20.1 Å². The molecule has 0 saturated carbocycles. The molecule has 0 amide bonds. The number of methoxy groups -OCH3 is 2. The maximum Gasteiger partial charge on any atom is 0.175 e. The van der Waals surface area contributed by atoms with E-state index in [1.165, 1.54) is 6.07 Å². The van der Waals surface area contributed by atoms with Gasteiger partial charge >= 0.3 is 0 Å². The van der Waals surface area contributed by atoms with Crippen LogP contribution in [0.2, 0.25) is 0 Å². The van der Waals surface area contributed by atoms with Crippen LogP contribution >= 0.6 is 28.1 Å². The largest absolute Gasteiger partial charge is 0.497 e. The first kappa shape index (κ1) is 16.5. The summed E-state index contributed by atoms with van der Waals surface area (Å²) in [6.45, 7) is 0. The van der Waals surface area contributed by atoms with E-state index in [1.54, 1.807) is 44.6 Å². The van der Waals surface area contributed by atoms with Gasteiger partial charge in [0.2, 0.25) is 0 Å². The highest BCUT2D eigenvalue weighted by molar-refractivity contribution is 9.10. The Kier molecular flexibility index (Phi) is 5.57. The van der Waals surface area contributed by atoms with E-state index in [4.69, 9.17) is 21.7 Å². The Morgan fingerprint density at radius 3 is 2.23 bits per heavy atom. The second-order valence-electron chi connectivity index (χ2n) is 4.30. The van der Waals surface area contributed by atoms with E-state index in [-0.39, 0.29) is 10.8 Å². The van der Waals surface area contributed by atoms with Crippen LogP contribution in [0.15, 0.2) is 40.9 Å². The molecule has 0 aliphatic carbocycles. The zero-order valence-electron chi connectivity index (χ0n) is 11.9. The Balaban J connectivity index is 2.11. The standard InChI is InChI=1S/C15H14BrFN2O2S/c1-20-11-6-10(7-12(8-11)21-2)18-15(22)19-14-4-3-9(16)5-13(14)17/h3-8H,1-2H3,(H2,18,19,22). The molecule has 22 heavy (non-hydrogen) atoms. The molecule has 0 bridgehead atoms. The highest BCUT2D eigenvalue weighted by Crippen LogP contribution is 2.26. The molecule has 2 N–H and O–H groups in total. The van der Waals surface area contributed by atoms with Crippen LogP contribution in [0.1, 0.15) is 0 Å². The SMILES string of the molecule is COc1cc(NC(=S)Nc2ccc(Br)cc2F)cc(OC)c1. The monoisotopic (exact) mass is 384 g/mol. The Morgan fingerprint density at radius 2 is 1.68 bits per heavy atom. The molecule has 0 heterocycles. The first-order chi connectivity index (χ1) is 10.5. The maximum atomic E-state index is 13.8. The van der Waals surface area contributed by atoms with Crippen molar-refractivity contribution in [2.75, 3.05) is 24.9 Å². The van der Waals surface area contributed by atoms with Gasteiger partial charge in [0.1, 0.15) is 17.3 Å². The Hall–Kier alpha value is -1.86. The minimum Gasteiger partial charge on any atom is -0.497 e. The third-order valence-electron chi connectivity index (χ3n) is 2.79. The third-order valence-corrected chi connectivity index (χ3v) is 3.49. The van der Waals surface area contributed by atoms with Gasteiger partial charge in [-0.1, -0.05) is 15.9 Å². The van der Waals surface area contributed by atoms with Gasteiger partial charge in [-0.2, -0.15) is 0 Å². The smallest absolute Gasteiger partial charge is 0.175 e. The van der Waals surface area contributed by atoms with Gasteiger partial charge in [0.25, 0.3) is 0 Å². The van der Waals surface area contributed by atoms with Gasteiger partial charge in [0.15, 0.2) is 5.11 Å². The van der Waals surface area contributed by atoms with Gasteiger partial charge in [0, 0.05) is 28.4 Å². The fourth-order valence-corrected chi connectivity index (χ4v) is 2.32. The molecule has 0 saturated heterocycles. The maximum absolute atomic E-state index is 13.8. The van der Waals surface area contributed by atoms with E-state index < -0.39 is 5.82 Å². The highest BCUT2D eigenvalue weighted by atomic mass is 79.9. The predicted octanol–water partition coefficient (Wildman–Crippen LogP) is 4.41. The number of thiocarbonyl (C=S) groups is 1. The molecule has 0 unspecified atom stereocenters. The van der Waals surface area contributed by atoms with Crippen molar-refractivity contribution in [3.05, 3.63) is 46.7 Å². The number of hydrogen-bond donors (Lipinski definition) is 2. The summed E-state index contributed by atoms with van der Waals surface area (Å²) in [5.41, 5.74) is 0.960. The molecule has 4 nitrogen and oxygen atoms in total. The molecule has 0 spiro atoms. The van der Waals surface area contributed by atoms with Crippen LogP contribution < -0.4 is 20.1 Å². The number of rotatable bonds is 4. The van der Waals surface area contributed by atoms with Gasteiger partial charge in [-0.15, -0.1) is 0 Å². The van der Waals surface area contributed by atoms with Gasteiger partial charge in [-0.05, 0) is 30.4 Å². The Morgan fingerprint density at radius 1 is 1.05 bits per heavy atom. The van der Waals surface area contributed by atoms with Crippen molar-refractivity contribution in [3.63, 3.8) is 0 Å². The first-order valence-corrected chi connectivity index (χ1v) is 7.48. The minimum absolute atomic E-state index is 0.261. The fourth-order valence-electron chi connectivity index (χ4n) is 1.76. The molecule has 0 aliphatic heterocycles. The van der Waals surface area contributed by atoms with Crippen molar-refractivity contribution >= 4 is 44.6 Å². The van der Waals surface area contributed by atoms with Crippen LogP contribution in [-0.4, -0.2) is 19.3 Å². The highest BCUT2D eigenvalue weighted by Gasteiger charge is 2.07. The summed E-state index contributed by atoms with van der Waals surface area (Å²) in [6.07, 6.45) is 0.